The van der Waals surface area contributed by atoms with Gasteiger partial charge in [0.15, 0.2) is 11.5 Å². The van der Waals surface area contributed by atoms with Gasteiger partial charge in [0, 0.05) is 26.2 Å². The maximum atomic E-state index is 6.05. The Morgan fingerprint density at radius 1 is 0.897 bits per heavy atom. The van der Waals surface area contributed by atoms with E-state index in [9.17, 15) is 0 Å². The second-order valence-corrected chi connectivity index (χ2v) is 7.60. The van der Waals surface area contributed by atoms with Crippen molar-refractivity contribution in [1.82, 2.24) is 9.80 Å². The van der Waals surface area contributed by atoms with Crippen LogP contribution in [0.25, 0.3) is 0 Å². The number of hydrogen-bond acceptors (Lipinski definition) is 5. The highest BCUT2D eigenvalue weighted by molar-refractivity contribution is 5.43. The summed E-state index contributed by atoms with van der Waals surface area (Å²) in [4.78, 5) is 4.96. The topological polar surface area (TPSA) is 34.2 Å². The molecule has 0 spiro atoms. The van der Waals surface area contributed by atoms with Crippen molar-refractivity contribution in [3.05, 3.63) is 53.6 Å². The van der Waals surface area contributed by atoms with Gasteiger partial charge in [-0.15, -0.1) is 0 Å². The van der Waals surface area contributed by atoms with E-state index >= 15 is 0 Å². The van der Waals surface area contributed by atoms with Crippen LogP contribution in [0.5, 0.6) is 17.2 Å². The highest BCUT2D eigenvalue weighted by Gasteiger charge is 2.13. The van der Waals surface area contributed by atoms with Gasteiger partial charge in [-0.3, -0.25) is 0 Å². The molecular weight excluding hydrogens is 364 g/mol. The summed E-state index contributed by atoms with van der Waals surface area (Å²) in [7, 11) is 3.88. The minimum absolute atomic E-state index is 0.486. The lowest BCUT2D eigenvalue weighted by Gasteiger charge is -2.32. The lowest BCUT2D eigenvalue weighted by atomic mass is 10.1. The van der Waals surface area contributed by atoms with E-state index in [-0.39, 0.29) is 0 Å². The zero-order valence-corrected chi connectivity index (χ0v) is 18.0. The molecule has 158 valence electrons. The Hall–Kier alpha value is -2.24. The number of benzene rings is 2. The third-order valence-electron chi connectivity index (χ3n) is 5.37. The molecule has 1 fully saturated rings. The average molecular weight is 399 g/mol. The Balaban J connectivity index is 1.54. The predicted molar refractivity (Wildman–Crippen MR) is 117 cm³/mol. The minimum atomic E-state index is 0.486. The van der Waals surface area contributed by atoms with E-state index in [2.05, 4.69) is 29.0 Å². The van der Waals surface area contributed by atoms with E-state index < -0.39 is 0 Å². The quantitative estimate of drug-likeness (QED) is 0.607. The molecule has 0 N–H and O–H groups in total. The SMILES string of the molecule is CCOc1cc(CCCN2CCN(C)CC2)ccc1OCc1cccc(OC)c1. The third-order valence-corrected chi connectivity index (χ3v) is 5.37. The van der Waals surface area contributed by atoms with E-state index in [4.69, 9.17) is 14.2 Å². The van der Waals surface area contributed by atoms with Crippen LogP contribution in [0, 0.1) is 0 Å². The number of hydrogen-bond donors (Lipinski definition) is 0. The first-order chi connectivity index (χ1) is 14.2. The first kappa shape index (κ1) is 21.5. The highest BCUT2D eigenvalue weighted by atomic mass is 16.5. The number of nitrogens with zero attached hydrogens (tertiary/aromatic N) is 2. The summed E-state index contributed by atoms with van der Waals surface area (Å²) in [5.41, 5.74) is 2.37. The zero-order valence-electron chi connectivity index (χ0n) is 18.0. The molecule has 1 aliphatic rings. The number of piperazine rings is 1. The first-order valence-electron chi connectivity index (χ1n) is 10.6. The molecule has 5 nitrogen and oxygen atoms in total. The maximum absolute atomic E-state index is 6.05. The van der Waals surface area contributed by atoms with Crippen molar-refractivity contribution in [1.29, 1.82) is 0 Å². The van der Waals surface area contributed by atoms with E-state index in [1.54, 1.807) is 7.11 Å². The van der Waals surface area contributed by atoms with Crippen molar-refractivity contribution < 1.29 is 14.2 Å². The third kappa shape index (κ3) is 6.65. The summed E-state index contributed by atoms with van der Waals surface area (Å²) in [6.45, 7) is 8.98. The number of aryl methyl sites for hydroxylation is 1. The van der Waals surface area contributed by atoms with Gasteiger partial charge in [0.25, 0.3) is 0 Å². The predicted octanol–water partition coefficient (Wildman–Crippen LogP) is 3.85. The van der Waals surface area contributed by atoms with Gasteiger partial charge in [-0.1, -0.05) is 18.2 Å². The molecule has 1 heterocycles. The van der Waals surface area contributed by atoms with Crippen LogP contribution in [-0.2, 0) is 13.0 Å². The molecule has 1 saturated heterocycles. The average Bonchev–Trinajstić information content (AvgIpc) is 2.75. The number of ether oxygens (including phenoxy) is 3. The minimum Gasteiger partial charge on any atom is -0.497 e. The van der Waals surface area contributed by atoms with E-state index in [0.29, 0.717) is 13.2 Å². The van der Waals surface area contributed by atoms with Crippen molar-refractivity contribution in [3.63, 3.8) is 0 Å². The lowest BCUT2D eigenvalue weighted by molar-refractivity contribution is 0.153. The summed E-state index contributed by atoms with van der Waals surface area (Å²) in [5, 5.41) is 0. The molecule has 0 amide bonds. The number of rotatable bonds is 10. The van der Waals surface area contributed by atoms with Crippen LogP contribution in [0.15, 0.2) is 42.5 Å². The van der Waals surface area contributed by atoms with Crippen molar-refractivity contribution in [2.75, 3.05) is 53.5 Å². The van der Waals surface area contributed by atoms with E-state index in [1.165, 1.54) is 38.2 Å². The Bertz CT molecular complexity index is 758. The first-order valence-corrected chi connectivity index (χ1v) is 10.6. The summed E-state index contributed by atoms with van der Waals surface area (Å²) < 4.78 is 17.2. The van der Waals surface area contributed by atoms with Gasteiger partial charge < -0.3 is 24.0 Å². The van der Waals surface area contributed by atoms with Crippen molar-refractivity contribution in [2.45, 2.75) is 26.4 Å². The maximum Gasteiger partial charge on any atom is 0.161 e. The van der Waals surface area contributed by atoms with E-state index in [1.807, 2.05) is 37.3 Å². The second-order valence-electron chi connectivity index (χ2n) is 7.60. The lowest BCUT2D eigenvalue weighted by Crippen LogP contribution is -2.44. The molecule has 0 aliphatic carbocycles. The fraction of sp³-hybridized carbons (Fsp3) is 0.500. The molecule has 3 rings (SSSR count). The van der Waals surface area contributed by atoms with Crippen LogP contribution in [0.3, 0.4) is 0 Å². The molecule has 0 saturated carbocycles. The fourth-order valence-electron chi connectivity index (χ4n) is 3.60. The highest BCUT2D eigenvalue weighted by Crippen LogP contribution is 2.30. The number of methoxy groups -OCH3 is 1. The summed E-state index contributed by atoms with van der Waals surface area (Å²) in [5.74, 6) is 2.46. The zero-order chi connectivity index (χ0) is 20.5. The molecule has 0 bridgehead atoms. The standard InChI is InChI=1S/C24H34N2O3/c1-4-28-24-18-20(8-6-12-26-15-13-25(2)14-16-26)10-11-23(24)29-19-21-7-5-9-22(17-21)27-3/h5,7,9-11,17-18H,4,6,8,12-16,19H2,1-3H3. The fourth-order valence-corrected chi connectivity index (χ4v) is 3.60. The molecule has 0 atom stereocenters. The van der Waals surface area contributed by atoms with Crippen molar-refractivity contribution in [2.24, 2.45) is 0 Å². The van der Waals surface area contributed by atoms with Crippen molar-refractivity contribution >= 4 is 0 Å². The van der Waals surface area contributed by atoms with Crippen LogP contribution in [-0.4, -0.2) is 63.3 Å². The van der Waals surface area contributed by atoms with Crippen molar-refractivity contribution in [3.8, 4) is 17.2 Å². The molecule has 1 aliphatic heterocycles. The summed E-state index contributed by atoms with van der Waals surface area (Å²) in [6.07, 6.45) is 2.22. The molecule has 5 heteroatoms. The van der Waals surface area contributed by atoms with Crippen LogP contribution >= 0.6 is 0 Å². The monoisotopic (exact) mass is 398 g/mol. The molecule has 2 aromatic rings. The van der Waals surface area contributed by atoms with E-state index in [0.717, 1.165) is 35.8 Å². The molecule has 29 heavy (non-hydrogen) atoms. The Morgan fingerprint density at radius 3 is 2.48 bits per heavy atom. The molecule has 0 aromatic heterocycles. The van der Waals surface area contributed by atoms with Gasteiger partial charge in [0.05, 0.1) is 13.7 Å². The van der Waals surface area contributed by atoms with Crippen LogP contribution in [0.2, 0.25) is 0 Å². The van der Waals surface area contributed by atoms with Crippen LogP contribution in [0.4, 0.5) is 0 Å². The van der Waals surface area contributed by atoms with Crippen LogP contribution in [0.1, 0.15) is 24.5 Å². The van der Waals surface area contributed by atoms with Gasteiger partial charge in [-0.2, -0.15) is 0 Å². The normalized spacial score (nSPS) is 15.3. The summed E-state index contributed by atoms with van der Waals surface area (Å²) in [6, 6.07) is 14.3. The molecular formula is C24H34N2O3. The Morgan fingerprint density at radius 2 is 1.72 bits per heavy atom. The van der Waals surface area contributed by atoms with Gasteiger partial charge in [-0.05, 0) is 68.8 Å². The summed E-state index contributed by atoms with van der Waals surface area (Å²) >= 11 is 0. The van der Waals surface area contributed by atoms with Gasteiger partial charge >= 0.3 is 0 Å². The molecule has 0 radical (unpaired) electrons. The largest absolute Gasteiger partial charge is 0.497 e. The van der Waals surface area contributed by atoms with Gasteiger partial charge in [0.1, 0.15) is 12.4 Å². The Labute approximate surface area is 175 Å². The van der Waals surface area contributed by atoms with Crippen LogP contribution < -0.4 is 14.2 Å². The van der Waals surface area contributed by atoms with Gasteiger partial charge in [-0.25, -0.2) is 0 Å². The smallest absolute Gasteiger partial charge is 0.161 e. The molecule has 0 unspecified atom stereocenters. The number of likely N-dealkylation sites (N-methyl/N-ethyl adjacent to an activating group) is 1. The van der Waals surface area contributed by atoms with Gasteiger partial charge in [0.2, 0.25) is 0 Å². The second kappa shape index (κ2) is 11.1. The Kier molecular flexibility index (Phi) is 8.20. The molecule has 2 aromatic carbocycles.